The summed E-state index contributed by atoms with van der Waals surface area (Å²) >= 11 is 0. The van der Waals surface area contributed by atoms with E-state index in [4.69, 9.17) is 0 Å². The lowest BCUT2D eigenvalue weighted by atomic mass is 10.3. The van der Waals surface area contributed by atoms with Gasteiger partial charge in [-0.3, -0.25) is 0 Å². The van der Waals surface area contributed by atoms with Crippen LogP contribution in [0, 0.1) is 0 Å². The summed E-state index contributed by atoms with van der Waals surface area (Å²) in [6.45, 7) is 8.94. The quantitative estimate of drug-likeness (QED) is 0.409. The molecule has 0 N–H and O–H groups in total. The smallest absolute Gasteiger partial charge is 0.0487 e. The highest BCUT2D eigenvalue weighted by molar-refractivity contribution is 6.40. The van der Waals surface area contributed by atoms with Crippen molar-refractivity contribution < 1.29 is 0 Å². The van der Waals surface area contributed by atoms with Crippen LogP contribution in [0.5, 0.6) is 0 Å². The predicted molar refractivity (Wildman–Crippen MR) is 45.1 cm³/mol. The van der Waals surface area contributed by atoms with Gasteiger partial charge in [0.2, 0.25) is 0 Å². The molecule has 0 unspecified atom stereocenters. The summed E-state index contributed by atoms with van der Waals surface area (Å²) in [5, 5.41) is 0.527. The average molecular weight is 140 g/mol. The standard InChI is InChI=1S/C8H16Si/c1-5-6-7-9-8(2,3)4/h5-6H,7H2,1-4H3/b6-5-. The Labute approximate surface area is 61.2 Å². The molecular formula is C8H16Si. The minimum Gasteiger partial charge on any atom is -0.0920 e. The van der Waals surface area contributed by atoms with Crippen LogP contribution in [0.4, 0.5) is 0 Å². The minimum atomic E-state index is 0.527. The van der Waals surface area contributed by atoms with Gasteiger partial charge in [-0.2, -0.15) is 0 Å². The Morgan fingerprint density at radius 3 is 2.22 bits per heavy atom. The highest BCUT2D eigenvalue weighted by Gasteiger charge is 2.08. The largest absolute Gasteiger partial charge is 0.0920 e. The summed E-state index contributed by atoms with van der Waals surface area (Å²) in [5.74, 6) is 0. The van der Waals surface area contributed by atoms with E-state index < -0.39 is 0 Å². The van der Waals surface area contributed by atoms with Gasteiger partial charge in [-0.1, -0.05) is 32.9 Å². The van der Waals surface area contributed by atoms with E-state index in [0.717, 1.165) is 9.52 Å². The lowest BCUT2D eigenvalue weighted by molar-refractivity contribution is 0.752. The van der Waals surface area contributed by atoms with Gasteiger partial charge in [0, 0.05) is 9.52 Å². The third kappa shape index (κ3) is 7.96. The lowest BCUT2D eigenvalue weighted by Gasteiger charge is -2.14. The topological polar surface area (TPSA) is 0 Å². The van der Waals surface area contributed by atoms with Gasteiger partial charge in [0.1, 0.15) is 0 Å². The molecule has 0 aliphatic rings. The number of hydrogen-bond acceptors (Lipinski definition) is 0. The van der Waals surface area contributed by atoms with E-state index in [-0.39, 0.29) is 0 Å². The van der Waals surface area contributed by atoms with Gasteiger partial charge in [-0.15, -0.1) is 0 Å². The van der Waals surface area contributed by atoms with Crippen LogP contribution in [-0.2, 0) is 0 Å². The zero-order valence-corrected chi connectivity index (χ0v) is 7.86. The molecule has 1 heteroatoms. The van der Waals surface area contributed by atoms with Gasteiger partial charge in [0.25, 0.3) is 0 Å². The van der Waals surface area contributed by atoms with E-state index in [1.807, 2.05) is 0 Å². The molecule has 9 heavy (non-hydrogen) atoms. The summed E-state index contributed by atoms with van der Waals surface area (Å²) in [7, 11) is 1.06. The van der Waals surface area contributed by atoms with Crippen molar-refractivity contribution in [1.82, 2.24) is 0 Å². The molecule has 0 aromatic rings. The second-order valence-electron chi connectivity index (χ2n) is 3.20. The van der Waals surface area contributed by atoms with Crippen molar-refractivity contribution in [1.29, 1.82) is 0 Å². The first kappa shape index (κ1) is 8.96. The Morgan fingerprint density at radius 2 is 1.89 bits per heavy atom. The first-order chi connectivity index (χ1) is 4.06. The van der Waals surface area contributed by atoms with Crippen molar-refractivity contribution in [2.45, 2.75) is 38.8 Å². The monoisotopic (exact) mass is 140 g/mol. The van der Waals surface area contributed by atoms with Gasteiger partial charge in [0.15, 0.2) is 0 Å². The van der Waals surface area contributed by atoms with Crippen molar-refractivity contribution in [2.75, 3.05) is 0 Å². The lowest BCUT2D eigenvalue weighted by Crippen LogP contribution is -2.05. The van der Waals surface area contributed by atoms with Crippen molar-refractivity contribution in [2.24, 2.45) is 0 Å². The fraction of sp³-hybridized carbons (Fsp3) is 0.750. The van der Waals surface area contributed by atoms with Crippen LogP contribution < -0.4 is 0 Å². The first-order valence-corrected chi connectivity index (χ1v) is 4.63. The highest BCUT2D eigenvalue weighted by Crippen LogP contribution is 2.21. The van der Waals surface area contributed by atoms with Crippen LogP contribution in [0.1, 0.15) is 27.7 Å². The van der Waals surface area contributed by atoms with E-state index in [0.29, 0.717) is 5.04 Å². The minimum absolute atomic E-state index is 0.527. The average Bonchev–Trinajstić information content (AvgIpc) is 1.63. The third-order valence-electron chi connectivity index (χ3n) is 0.986. The van der Waals surface area contributed by atoms with Gasteiger partial charge in [-0.05, 0) is 18.0 Å². The van der Waals surface area contributed by atoms with E-state index in [1.54, 1.807) is 0 Å². The molecule has 0 saturated heterocycles. The van der Waals surface area contributed by atoms with Crippen LogP contribution in [0.3, 0.4) is 0 Å². The molecule has 0 aliphatic heterocycles. The summed E-state index contributed by atoms with van der Waals surface area (Å²) in [6.07, 6.45) is 4.36. The second-order valence-corrected chi connectivity index (χ2v) is 5.46. The van der Waals surface area contributed by atoms with Gasteiger partial charge < -0.3 is 0 Å². The molecule has 0 heterocycles. The summed E-state index contributed by atoms with van der Waals surface area (Å²) in [6, 6.07) is 1.25. The van der Waals surface area contributed by atoms with Crippen LogP contribution in [0.25, 0.3) is 0 Å². The first-order valence-electron chi connectivity index (χ1n) is 3.42. The van der Waals surface area contributed by atoms with Crippen molar-refractivity contribution in [3.05, 3.63) is 12.2 Å². The molecule has 0 spiro atoms. The van der Waals surface area contributed by atoms with E-state index in [9.17, 15) is 0 Å². The van der Waals surface area contributed by atoms with Crippen molar-refractivity contribution in [3.8, 4) is 0 Å². The third-order valence-corrected chi connectivity index (χ3v) is 2.49. The molecule has 0 fully saturated rings. The number of hydrogen-bond donors (Lipinski definition) is 0. The Balaban J connectivity index is 3.28. The second kappa shape index (κ2) is 3.88. The van der Waals surface area contributed by atoms with E-state index >= 15 is 0 Å². The molecule has 0 aliphatic carbocycles. The summed E-state index contributed by atoms with van der Waals surface area (Å²) in [5.41, 5.74) is 0. The number of allylic oxidation sites excluding steroid dienone is 2. The van der Waals surface area contributed by atoms with Crippen LogP contribution in [0.2, 0.25) is 11.1 Å². The molecule has 0 nitrogen and oxygen atoms in total. The summed E-state index contributed by atoms with van der Waals surface area (Å²) in [4.78, 5) is 0. The Kier molecular flexibility index (Phi) is 3.87. The Hall–Kier alpha value is -0.0431. The zero-order chi connectivity index (χ0) is 7.33. The van der Waals surface area contributed by atoms with Crippen LogP contribution >= 0.6 is 0 Å². The normalized spacial score (nSPS) is 12.9. The molecular weight excluding hydrogens is 124 g/mol. The Morgan fingerprint density at radius 1 is 1.33 bits per heavy atom. The molecule has 0 saturated carbocycles. The van der Waals surface area contributed by atoms with Gasteiger partial charge in [-0.25, -0.2) is 0 Å². The molecule has 0 atom stereocenters. The maximum atomic E-state index is 2.29. The fourth-order valence-corrected chi connectivity index (χ4v) is 1.45. The number of rotatable bonds is 2. The van der Waals surface area contributed by atoms with Crippen LogP contribution in [0.15, 0.2) is 12.2 Å². The van der Waals surface area contributed by atoms with E-state index in [1.165, 1.54) is 6.04 Å². The van der Waals surface area contributed by atoms with Gasteiger partial charge in [0.05, 0.1) is 0 Å². The molecule has 52 valence electrons. The molecule has 0 aromatic carbocycles. The van der Waals surface area contributed by atoms with Gasteiger partial charge >= 0.3 is 0 Å². The van der Waals surface area contributed by atoms with Crippen LogP contribution in [-0.4, -0.2) is 9.52 Å². The molecule has 0 bridgehead atoms. The Bertz CT molecular complexity index is 87.2. The fourth-order valence-electron chi connectivity index (χ4n) is 0.483. The zero-order valence-electron chi connectivity index (χ0n) is 6.86. The molecule has 0 aromatic heterocycles. The molecule has 0 rings (SSSR count). The van der Waals surface area contributed by atoms with E-state index in [2.05, 4.69) is 39.8 Å². The van der Waals surface area contributed by atoms with Crippen molar-refractivity contribution >= 4 is 9.52 Å². The summed E-state index contributed by atoms with van der Waals surface area (Å²) < 4.78 is 0. The molecule has 0 amide bonds. The van der Waals surface area contributed by atoms with Crippen molar-refractivity contribution in [3.63, 3.8) is 0 Å². The SMILES string of the molecule is C/C=C\C[Si]C(C)(C)C. The molecule has 2 radical (unpaired) electrons. The maximum absolute atomic E-state index is 2.29. The maximum Gasteiger partial charge on any atom is 0.0487 e. The predicted octanol–water partition coefficient (Wildman–Crippen LogP) is 2.90. The highest BCUT2D eigenvalue weighted by atomic mass is 28.2.